The molecule has 1 aromatic carbocycles. The monoisotopic (exact) mass is 410 g/mol. The van der Waals surface area contributed by atoms with Crippen LogP contribution in [0.25, 0.3) is 5.57 Å². The highest BCUT2D eigenvalue weighted by molar-refractivity contribution is 5.99. The lowest BCUT2D eigenvalue weighted by atomic mass is 9.73. The maximum absolute atomic E-state index is 13.6. The van der Waals surface area contributed by atoms with Gasteiger partial charge in [0, 0.05) is 11.6 Å². The van der Waals surface area contributed by atoms with Gasteiger partial charge in [0.05, 0.1) is 6.04 Å². The molecule has 0 unspecified atom stereocenters. The Morgan fingerprint density at radius 1 is 1.24 bits per heavy atom. The molecule has 2 atom stereocenters. The molecular formula is C21H25F3N2O3. The van der Waals surface area contributed by atoms with E-state index in [0.29, 0.717) is 30.4 Å². The van der Waals surface area contributed by atoms with Gasteiger partial charge in [-0.05, 0) is 42.7 Å². The van der Waals surface area contributed by atoms with E-state index < -0.39 is 35.7 Å². The number of benzene rings is 1. The van der Waals surface area contributed by atoms with Crippen LogP contribution in [0.15, 0.2) is 30.3 Å². The lowest BCUT2D eigenvalue weighted by Crippen LogP contribution is -2.46. The molecular weight excluding hydrogens is 385 g/mol. The van der Waals surface area contributed by atoms with Crippen molar-refractivity contribution in [2.24, 2.45) is 11.7 Å². The lowest BCUT2D eigenvalue weighted by molar-refractivity contribution is -0.163. The molecule has 0 radical (unpaired) electrons. The first kappa shape index (κ1) is 21.4. The van der Waals surface area contributed by atoms with Gasteiger partial charge in [-0.25, -0.2) is 4.79 Å². The fourth-order valence-electron chi connectivity index (χ4n) is 3.82. The molecule has 1 aliphatic heterocycles. The fraction of sp³-hybridized carbons (Fsp3) is 0.524. The smallest absolute Gasteiger partial charge is 0.412 e. The maximum Gasteiger partial charge on any atom is 0.412 e. The van der Waals surface area contributed by atoms with Crippen molar-refractivity contribution in [2.45, 2.75) is 63.4 Å². The van der Waals surface area contributed by atoms with Crippen LogP contribution in [-0.2, 0) is 14.3 Å². The van der Waals surface area contributed by atoms with Crippen LogP contribution in [0.3, 0.4) is 0 Å². The summed E-state index contributed by atoms with van der Waals surface area (Å²) < 4.78 is 46.2. The summed E-state index contributed by atoms with van der Waals surface area (Å²) in [5.74, 6) is -1.18. The van der Waals surface area contributed by atoms with Crippen molar-refractivity contribution in [1.82, 2.24) is 5.32 Å². The highest BCUT2D eigenvalue weighted by Crippen LogP contribution is 2.49. The highest BCUT2D eigenvalue weighted by atomic mass is 19.4. The van der Waals surface area contributed by atoms with E-state index in [9.17, 15) is 22.8 Å². The Bertz CT molecular complexity index is 811. The first-order valence-electron chi connectivity index (χ1n) is 9.70. The molecule has 1 aliphatic carbocycles. The summed E-state index contributed by atoms with van der Waals surface area (Å²) in [6.45, 7) is 3.68. The summed E-state index contributed by atoms with van der Waals surface area (Å²) in [6, 6.07) is 2.53. The first-order valence-corrected chi connectivity index (χ1v) is 9.70. The Balaban J connectivity index is 1.80. The summed E-state index contributed by atoms with van der Waals surface area (Å²) in [7, 11) is 0. The second-order valence-corrected chi connectivity index (χ2v) is 8.17. The van der Waals surface area contributed by atoms with E-state index in [-0.39, 0.29) is 11.5 Å². The van der Waals surface area contributed by atoms with Gasteiger partial charge in [0.25, 0.3) is 0 Å². The van der Waals surface area contributed by atoms with Gasteiger partial charge in [-0.3, -0.25) is 4.79 Å². The van der Waals surface area contributed by atoms with Crippen LogP contribution in [-0.4, -0.2) is 29.7 Å². The number of nitrogens with two attached hydrogens (primary N) is 1. The Morgan fingerprint density at radius 3 is 2.34 bits per heavy atom. The summed E-state index contributed by atoms with van der Waals surface area (Å²) in [5.41, 5.74) is 6.33. The normalized spacial score (nSPS) is 20.1. The fourth-order valence-corrected chi connectivity index (χ4v) is 3.82. The van der Waals surface area contributed by atoms with E-state index in [2.05, 4.69) is 0 Å². The Morgan fingerprint density at radius 2 is 1.86 bits per heavy atom. The zero-order valence-corrected chi connectivity index (χ0v) is 16.4. The van der Waals surface area contributed by atoms with Crippen molar-refractivity contribution in [3.63, 3.8) is 0 Å². The molecule has 29 heavy (non-hydrogen) atoms. The third kappa shape index (κ3) is 4.47. The molecule has 0 saturated heterocycles. The summed E-state index contributed by atoms with van der Waals surface area (Å²) >= 11 is 0. The second kappa shape index (κ2) is 7.82. The molecule has 8 heteroatoms. The number of carbonyl (C=O) groups excluding carboxylic acids is 2. The Kier molecular flexibility index (Phi) is 5.76. The van der Waals surface area contributed by atoms with Crippen molar-refractivity contribution >= 4 is 17.4 Å². The predicted octanol–water partition coefficient (Wildman–Crippen LogP) is 3.64. The van der Waals surface area contributed by atoms with Gasteiger partial charge < -0.3 is 15.8 Å². The van der Waals surface area contributed by atoms with Gasteiger partial charge in [-0.1, -0.05) is 38.1 Å². The molecule has 1 heterocycles. The molecule has 0 aromatic heterocycles. The van der Waals surface area contributed by atoms with Crippen LogP contribution in [0.4, 0.5) is 13.2 Å². The first-order chi connectivity index (χ1) is 13.5. The molecule has 1 amide bonds. The molecule has 5 nitrogen and oxygen atoms in total. The number of hydrogen-bond donors (Lipinski definition) is 2. The molecule has 158 valence electrons. The van der Waals surface area contributed by atoms with Gasteiger partial charge in [-0.15, -0.1) is 0 Å². The van der Waals surface area contributed by atoms with Crippen LogP contribution in [0.1, 0.15) is 56.7 Å². The Labute approximate surface area is 167 Å². The van der Waals surface area contributed by atoms with Crippen LogP contribution >= 0.6 is 0 Å². The maximum atomic E-state index is 13.6. The third-order valence-corrected chi connectivity index (χ3v) is 5.44. The molecule has 1 spiro atoms. The molecule has 1 saturated carbocycles. The minimum absolute atomic E-state index is 0.0859. The lowest BCUT2D eigenvalue weighted by Gasteiger charge is -2.39. The number of carbonyl (C=O) groups is 2. The summed E-state index contributed by atoms with van der Waals surface area (Å²) in [6.07, 6.45) is -0.624. The van der Waals surface area contributed by atoms with Gasteiger partial charge >= 0.3 is 12.1 Å². The molecule has 3 rings (SSSR count). The van der Waals surface area contributed by atoms with Crippen molar-refractivity contribution in [2.75, 3.05) is 0 Å². The van der Waals surface area contributed by atoms with E-state index >= 15 is 0 Å². The van der Waals surface area contributed by atoms with Crippen LogP contribution in [0.2, 0.25) is 0 Å². The van der Waals surface area contributed by atoms with Crippen LogP contribution in [0, 0.1) is 5.92 Å². The van der Waals surface area contributed by atoms with Gasteiger partial charge in [0.1, 0.15) is 5.60 Å². The number of ether oxygens (including phenoxy) is 1. The van der Waals surface area contributed by atoms with E-state index in [4.69, 9.17) is 10.5 Å². The van der Waals surface area contributed by atoms with Gasteiger partial charge in [-0.2, -0.15) is 13.2 Å². The minimum Gasteiger partial charge on any atom is -0.451 e. The van der Waals surface area contributed by atoms with Crippen LogP contribution < -0.4 is 11.1 Å². The average molecular weight is 410 g/mol. The third-order valence-electron chi connectivity index (χ3n) is 5.44. The average Bonchev–Trinajstić information content (AvgIpc) is 2.96. The van der Waals surface area contributed by atoms with Gasteiger partial charge in [0.2, 0.25) is 5.91 Å². The zero-order chi connectivity index (χ0) is 21.4. The molecule has 2 aliphatic rings. The molecule has 1 aromatic rings. The number of halogens is 3. The Hall–Kier alpha value is -2.35. The van der Waals surface area contributed by atoms with Crippen molar-refractivity contribution in [3.05, 3.63) is 41.5 Å². The van der Waals surface area contributed by atoms with Gasteiger partial charge in [0.15, 0.2) is 6.04 Å². The molecule has 3 N–H and O–H groups in total. The standard InChI is InChI=1S/C21H25F3N2O3/c1-12(2)10-16(25)19(28)26-18(21(22,23)24)14-6-4-13(5-7-14)15-11-17(27)29-20(15)8-3-9-20/h4-7,11-12,16,18H,3,8-10,25H2,1-2H3,(H,26,28)/t16-,18-/m0/s1. The number of esters is 1. The number of hydrogen-bond acceptors (Lipinski definition) is 4. The number of alkyl halides is 3. The second-order valence-electron chi connectivity index (χ2n) is 8.17. The van der Waals surface area contributed by atoms with E-state index in [1.54, 1.807) is 0 Å². The topological polar surface area (TPSA) is 81.4 Å². The van der Waals surface area contributed by atoms with E-state index in [1.807, 2.05) is 19.2 Å². The molecule has 0 bridgehead atoms. The SMILES string of the molecule is CC(C)C[C@H](N)C(=O)N[C@@H](c1ccc(C2=CC(=O)OC23CCC3)cc1)C(F)(F)F. The summed E-state index contributed by atoms with van der Waals surface area (Å²) in [4.78, 5) is 23.9. The van der Waals surface area contributed by atoms with Crippen molar-refractivity contribution in [1.29, 1.82) is 0 Å². The predicted molar refractivity (Wildman–Crippen MR) is 101 cm³/mol. The highest BCUT2D eigenvalue weighted by Gasteiger charge is 2.48. The number of nitrogens with one attached hydrogen (secondary N) is 1. The van der Waals surface area contributed by atoms with Crippen LogP contribution in [0.5, 0.6) is 0 Å². The quantitative estimate of drug-likeness (QED) is 0.702. The molecule has 1 fully saturated rings. The zero-order valence-electron chi connectivity index (χ0n) is 16.4. The van der Waals surface area contributed by atoms with Crippen molar-refractivity contribution < 1.29 is 27.5 Å². The van der Waals surface area contributed by atoms with Crippen molar-refractivity contribution in [3.8, 4) is 0 Å². The summed E-state index contributed by atoms with van der Waals surface area (Å²) in [5, 5.41) is 2.03. The van der Waals surface area contributed by atoms with E-state index in [1.165, 1.54) is 30.3 Å². The number of rotatable bonds is 6. The van der Waals surface area contributed by atoms with E-state index in [0.717, 1.165) is 6.42 Å². The minimum atomic E-state index is -4.67. The number of amides is 1. The largest absolute Gasteiger partial charge is 0.451 e.